The normalized spacial score (nSPS) is 13.4. The number of aromatic carboxylic acids is 1. The largest absolute Gasteiger partial charge is 0.490 e. The number of amides is 1. The molecule has 4 aromatic rings. The Balaban J connectivity index is 1.07. The maximum atomic E-state index is 12.9. The van der Waals surface area contributed by atoms with E-state index in [0.29, 0.717) is 19.7 Å². The molecule has 208 valence electrons. The molecule has 0 saturated carbocycles. The summed E-state index contributed by atoms with van der Waals surface area (Å²) in [5.41, 5.74) is 5.11. The number of nitrogens with zero attached hydrogens (tertiary/aromatic N) is 1. The zero-order chi connectivity index (χ0) is 28.6. The Hall–Kier alpha value is -4.84. The predicted octanol–water partition coefficient (Wildman–Crippen LogP) is 7.04. The van der Waals surface area contributed by atoms with Crippen molar-refractivity contribution in [3.63, 3.8) is 0 Å². The summed E-state index contributed by atoms with van der Waals surface area (Å²) in [6.07, 6.45) is 4.33. The summed E-state index contributed by atoms with van der Waals surface area (Å²) in [6, 6.07) is 30.2. The summed E-state index contributed by atoms with van der Waals surface area (Å²) >= 11 is 0. The molecule has 1 fully saturated rings. The molecule has 41 heavy (non-hydrogen) atoms. The number of allylic oxidation sites excluding steroid dienone is 1. The number of benzene rings is 4. The molecule has 0 unspecified atom stereocenters. The number of piperidine rings is 1. The maximum absolute atomic E-state index is 12.9. The molecule has 1 N–H and O–H groups in total. The van der Waals surface area contributed by atoms with E-state index >= 15 is 0 Å². The number of hydrogen-bond acceptors (Lipinski definition) is 4. The van der Waals surface area contributed by atoms with E-state index in [9.17, 15) is 9.59 Å². The molecule has 1 saturated heterocycles. The van der Waals surface area contributed by atoms with Gasteiger partial charge in [0.2, 0.25) is 0 Å². The van der Waals surface area contributed by atoms with E-state index in [1.807, 2.05) is 83.8 Å². The van der Waals surface area contributed by atoms with Crippen LogP contribution in [0.4, 0.5) is 0 Å². The number of carboxylic acids is 1. The molecule has 0 aromatic heterocycles. The third-order valence-electron chi connectivity index (χ3n) is 7.26. The fraction of sp³-hybridized carbons (Fsp3) is 0.200. The highest BCUT2D eigenvalue weighted by molar-refractivity contribution is 5.94. The van der Waals surface area contributed by atoms with Gasteiger partial charge in [0, 0.05) is 31.5 Å². The van der Waals surface area contributed by atoms with Crippen molar-refractivity contribution >= 4 is 11.9 Å². The smallest absolute Gasteiger partial charge is 0.335 e. The van der Waals surface area contributed by atoms with Crippen LogP contribution in [0.3, 0.4) is 0 Å². The van der Waals surface area contributed by atoms with Gasteiger partial charge in [-0.3, -0.25) is 4.79 Å². The summed E-state index contributed by atoms with van der Waals surface area (Å²) in [4.78, 5) is 25.8. The highest BCUT2D eigenvalue weighted by Crippen LogP contribution is 2.25. The van der Waals surface area contributed by atoms with Gasteiger partial charge in [0.05, 0.1) is 5.56 Å². The van der Waals surface area contributed by atoms with Crippen LogP contribution in [0.5, 0.6) is 11.5 Å². The molecule has 1 amide bonds. The van der Waals surface area contributed by atoms with Gasteiger partial charge in [0.15, 0.2) is 0 Å². The average molecular weight is 548 g/mol. The van der Waals surface area contributed by atoms with E-state index in [1.165, 1.54) is 0 Å². The number of carboxylic acid groups (broad SMARTS) is 1. The quantitative estimate of drug-likeness (QED) is 0.216. The van der Waals surface area contributed by atoms with E-state index in [2.05, 4.69) is 6.58 Å². The van der Waals surface area contributed by atoms with Gasteiger partial charge in [-0.15, -0.1) is 6.58 Å². The zero-order valence-electron chi connectivity index (χ0n) is 22.9. The minimum atomic E-state index is -0.934. The molecular formula is C35H33NO5. The molecule has 5 rings (SSSR count). The minimum absolute atomic E-state index is 0.0713. The second-order valence-electron chi connectivity index (χ2n) is 10.1. The van der Waals surface area contributed by atoms with Crippen molar-refractivity contribution in [2.45, 2.75) is 32.0 Å². The van der Waals surface area contributed by atoms with E-state index in [1.54, 1.807) is 24.3 Å². The molecule has 0 atom stereocenters. The van der Waals surface area contributed by atoms with Crippen LogP contribution in [0.25, 0.3) is 11.1 Å². The second-order valence-corrected chi connectivity index (χ2v) is 10.1. The van der Waals surface area contributed by atoms with Crippen molar-refractivity contribution in [3.05, 3.63) is 132 Å². The second kappa shape index (κ2) is 13.0. The first-order chi connectivity index (χ1) is 20.0. The van der Waals surface area contributed by atoms with Crippen LogP contribution in [-0.4, -0.2) is 41.1 Å². The van der Waals surface area contributed by atoms with Crippen LogP contribution < -0.4 is 9.47 Å². The lowest BCUT2D eigenvalue weighted by Crippen LogP contribution is -2.41. The summed E-state index contributed by atoms with van der Waals surface area (Å²) in [6.45, 7) is 5.55. The van der Waals surface area contributed by atoms with Crippen LogP contribution in [0.1, 0.15) is 44.7 Å². The topological polar surface area (TPSA) is 76.1 Å². The van der Waals surface area contributed by atoms with Crippen molar-refractivity contribution in [2.75, 3.05) is 13.1 Å². The highest BCUT2D eigenvalue weighted by atomic mass is 16.5. The molecule has 0 bridgehead atoms. The van der Waals surface area contributed by atoms with Gasteiger partial charge < -0.3 is 19.5 Å². The number of likely N-dealkylation sites (tertiary alicyclic amines) is 1. The highest BCUT2D eigenvalue weighted by Gasteiger charge is 2.24. The predicted molar refractivity (Wildman–Crippen MR) is 160 cm³/mol. The summed E-state index contributed by atoms with van der Waals surface area (Å²) in [7, 11) is 0. The van der Waals surface area contributed by atoms with E-state index < -0.39 is 5.97 Å². The molecule has 0 spiro atoms. The third-order valence-corrected chi connectivity index (χ3v) is 7.26. The SMILES string of the molecule is C=CCc1ccc(C(=O)N2CCC(Oc3ccc(COc4ccc(-c5ccc(C(=O)O)cc5)cc4)cc3)CC2)cc1. The molecule has 1 aliphatic heterocycles. The lowest BCUT2D eigenvalue weighted by molar-refractivity contribution is 0.0594. The van der Waals surface area contributed by atoms with Gasteiger partial charge in [-0.1, -0.05) is 54.6 Å². The fourth-order valence-corrected chi connectivity index (χ4v) is 4.88. The first-order valence-electron chi connectivity index (χ1n) is 13.8. The number of rotatable bonds is 10. The van der Waals surface area contributed by atoms with Crippen molar-refractivity contribution in [1.82, 2.24) is 4.90 Å². The van der Waals surface area contributed by atoms with Crippen molar-refractivity contribution in [3.8, 4) is 22.6 Å². The first kappa shape index (κ1) is 27.7. The van der Waals surface area contributed by atoms with E-state index in [4.69, 9.17) is 14.6 Å². The number of ether oxygens (including phenoxy) is 2. The van der Waals surface area contributed by atoms with Gasteiger partial charge in [0.25, 0.3) is 5.91 Å². The molecule has 4 aromatic carbocycles. The Bertz CT molecular complexity index is 1470. The minimum Gasteiger partial charge on any atom is -0.490 e. The number of carbonyl (C=O) groups excluding carboxylic acids is 1. The van der Waals surface area contributed by atoms with Gasteiger partial charge in [-0.25, -0.2) is 4.79 Å². The van der Waals surface area contributed by atoms with Crippen molar-refractivity contribution in [2.24, 2.45) is 0 Å². The summed E-state index contributed by atoms with van der Waals surface area (Å²) in [5.74, 6) is 0.706. The van der Waals surface area contributed by atoms with E-state index in [-0.39, 0.29) is 17.6 Å². The lowest BCUT2D eigenvalue weighted by Gasteiger charge is -2.32. The molecule has 0 aliphatic carbocycles. The average Bonchev–Trinajstić information content (AvgIpc) is 3.02. The number of carbonyl (C=O) groups is 2. The molecule has 6 nitrogen and oxygen atoms in total. The standard InChI is InChI=1S/C35H33NO5/c1-2-3-25-4-8-29(9-5-25)34(37)36-22-20-33(21-23-36)41-32-16-6-26(7-17-32)24-40-31-18-14-28(15-19-31)27-10-12-30(13-11-27)35(38)39/h2,4-19,33H,1,3,20-24H2,(H,38,39). The lowest BCUT2D eigenvalue weighted by atomic mass is 10.0. The van der Waals surface area contributed by atoms with Crippen molar-refractivity contribution < 1.29 is 24.2 Å². The summed E-state index contributed by atoms with van der Waals surface area (Å²) < 4.78 is 12.2. The molecule has 6 heteroatoms. The van der Waals surface area contributed by atoms with Gasteiger partial charge >= 0.3 is 5.97 Å². The Kier molecular flexibility index (Phi) is 8.79. The molecular weight excluding hydrogens is 514 g/mol. The van der Waals surface area contributed by atoms with Crippen LogP contribution >= 0.6 is 0 Å². The van der Waals surface area contributed by atoms with Crippen molar-refractivity contribution in [1.29, 1.82) is 0 Å². The van der Waals surface area contributed by atoms with Gasteiger partial charge in [0.1, 0.15) is 24.2 Å². The Morgan fingerprint density at radius 3 is 1.88 bits per heavy atom. The van der Waals surface area contributed by atoms with Crippen LogP contribution in [0, 0.1) is 0 Å². The van der Waals surface area contributed by atoms with Crippen LogP contribution in [0.2, 0.25) is 0 Å². The van der Waals surface area contributed by atoms with Gasteiger partial charge in [-0.05, 0) is 77.2 Å². The Labute approximate surface area is 240 Å². The molecule has 1 heterocycles. The number of hydrogen-bond donors (Lipinski definition) is 1. The molecule has 0 radical (unpaired) electrons. The zero-order valence-corrected chi connectivity index (χ0v) is 22.9. The van der Waals surface area contributed by atoms with Crippen LogP contribution in [-0.2, 0) is 13.0 Å². The molecule has 1 aliphatic rings. The monoisotopic (exact) mass is 547 g/mol. The Morgan fingerprint density at radius 2 is 1.29 bits per heavy atom. The maximum Gasteiger partial charge on any atom is 0.335 e. The van der Waals surface area contributed by atoms with Crippen LogP contribution in [0.15, 0.2) is 110 Å². The summed E-state index contributed by atoms with van der Waals surface area (Å²) in [5, 5.41) is 9.06. The fourth-order valence-electron chi connectivity index (χ4n) is 4.88. The Morgan fingerprint density at radius 1 is 0.756 bits per heavy atom. The first-order valence-corrected chi connectivity index (χ1v) is 13.8. The van der Waals surface area contributed by atoms with Gasteiger partial charge in [-0.2, -0.15) is 0 Å². The third kappa shape index (κ3) is 7.22. The van der Waals surface area contributed by atoms with E-state index in [0.717, 1.165) is 58.6 Å².